The fourth-order valence-corrected chi connectivity index (χ4v) is 3.98. The van der Waals surface area contributed by atoms with E-state index in [0.29, 0.717) is 23.1 Å². The van der Waals surface area contributed by atoms with Gasteiger partial charge in [-0.25, -0.2) is 9.97 Å². The van der Waals surface area contributed by atoms with E-state index in [9.17, 15) is 4.79 Å². The van der Waals surface area contributed by atoms with Crippen molar-refractivity contribution in [2.45, 2.75) is 44.7 Å². The summed E-state index contributed by atoms with van der Waals surface area (Å²) in [4.78, 5) is 21.8. The van der Waals surface area contributed by atoms with Crippen molar-refractivity contribution in [1.82, 2.24) is 19.9 Å². The van der Waals surface area contributed by atoms with Crippen molar-refractivity contribution >= 4 is 17.1 Å². The van der Waals surface area contributed by atoms with Gasteiger partial charge in [0.25, 0.3) is 5.91 Å². The van der Waals surface area contributed by atoms with Crippen LogP contribution in [0.5, 0.6) is 11.5 Å². The van der Waals surface area contributed by atoms with Gasteiger partial charge in [0.2, 0.25) is 0 Å². The molecule has 1 unspecified atom stereocenters. The van der Waals surface area contributed by atoms with Gasteiger partial charge in [-0.05, 0) is 43.5 Å². The minimum Gasteiger partial charge on any atom is -0.493 e. The molecule has 0 aliphatic heterocycles. The number of benzene rings is 1. The topological polar surface area (TPSA) is 78.3 Å². The van der Waals surface area contributed by atoms with Gasteiger partial charge in [0, 0.05) is 12.2 Å². The second-order valence-corrected chi connectivity index (χ2v) is 7.47. The highest BCUT2D eigenvalue weighted by molar-refractivity contribution is 5.96. The molecule has 1 amide bonds. The molecule has 4 rings (SSSR count). The van der Waals surface area contributed by atoms with Crippen LogP contribution in [0, 0.1) is 0 Å². The molecule has 1 atom stereocenters. The lowest BCUT2D eigenvalue weighted by Gasteiger charge is -2.16. The molecule has 152 valence electrons. The molecular weight excluding hydrogens is 368 g/mol. The van der Waals surface area contributed by atoms with Crippen LogP contribution in [-0.2, 0) is 0 Å². The Morgan fingerprint density at radius 2 is 1.90 bits per heavy atom. The number of rotatable bonds is 6. The van der Waals surface area contributed by atoms with E-state index in [1.54, 1.807) is 20.4 Å². The third kappa shape index (κ3) is 3.77. The molecule has 1 fully saturated rings. The molecule has 1 aliphatic rings. The summed E-state index contributed by atoms with van der Waals surface area (Å²) >= 11 is 0. The van der Waals surface area contributed by atoms with Crippen LogP contribution in [-0.4, -0.2) is 34.7 Å². The molecule has 29 heavy (non-hydrogen) atoms. The average Bonchev–Trinajstić information content (AvgIpc) is 3.42. The number of hydrogen-bond donors (Lipinski definition) is 1. The van der Waals surface area contributed by atoms with Gasteiger partial charge in [-0.2, -0.15) is 0 Å². The Hall–Kier alpha value is -3.09. The van der Waals surface area contributed by atoms with Gasteiger partial charge in [-0.15, -0.1) is 0 Å². The number of carbonyl (C=O) groups excluding carboxylic acids is 1. The number of fused-ring (bicyclic) bond motifs is 1. The fourth-order valence-electron chi connectivity index (χ4n) is 3.98. The summed E-state index contributed by atoms with van der Waals surface area (Å²) in [6.07, 6.45) is 8.31. The predicted molar refractivity (Wildman–Crippen MR) is 110 cm³/mol. The minimum atomic E-state index is -0.200. The van der Waals surface area contributed by atoms with Crippen molar-refractivity contribution in [1.29, 1.82) is 0 Å². The Morgan fingerprint density at radius 3 is 2.62 bits per heavy atom. The maximum absolute atomic E-state index is 12.8. The van der Waals surface area contributed by atoms with Gasteiger partial charge in [0.05, 0.1) is 32.2 Å². The molecule has 0 saturated heterocycles. The largest absolute Gasteiger partial charge is 0.493 e. The van der Waals surface area contributed by atoms with Crippen LogP contribution in [0.3, 0.4) is 0 Å². The predicted octanol–water partition coefficient (Wildman–Crippen LogP) is 4.05. The summed E-state index contributed by atoms with van der Waals surface area (Å²) in [5, 5.41) is 3.02. The lowest BCUT2D eigenvalue weighted by atomic mass is 10.1. The van der Waals surface area contributed by atoms with Gasteiger partial charge >= 0.3 is 0 Å². The third-order valence-electron chi connectivity index (χ3n) is 5.65. The first-order valence-electron chi connectivity index (χ1n) is 9.96. The van der Waals surface area contributed by atoms with Crippen LogP contribution in [0.4, 0.5) is 0 Å². The number of imidazole rings is 1. The van der Waals surface area contributed by atoms with E-state index >= 15 is 0 Å². The number of pyridine rings is 1. The lowest BCUT2D eigenvalue weighted by Crippen LogP contribution is -2.26. The SMILES string of the molecule is COc1ccc(C(C)NC(=O)c2cnc3c(c2)ncn3C2CCCC2)cc1OC. The highest BCUT2D eigenvalue weighted by Gasteiger charge is 2.20. The van der Waals surface area contributed by atoms with Gasteiger partial charge in [0.1, 0.15) is 5.52 Å². The monoisotopic (exact) mass is 394 g/mol. The zero-order valence-electron chi connectivity index (χ0n) is 17.0. The highest BCUT2D eigenvalue weighted by atomic mass is 16.5. The van der Waals surface area contributed by atoms with Crippen molar-refractivity contribution in [2.75, 3.05) is 14.2 Å². The Kier molecular flexibility index (Phi) is 5.38. The van der Waals surface area contributed by atoms with E-state index in [1.165, 1.54) is 12.8 Å². The quantitative estimate of drug-likeness (QED) is 0.682. The second kappa shape index (κ2) is 8.11. The first-order valence-corrected chi connectivity index (χ1v) is 9.96. The molecule has 1 aliphatic carbocycles. The lowest BCUT2D eigenvalue weighted by molar-refractivity contribution is 0.0939. The van der Waals surface area contributed by atoms with Crippen molar-refractivity contribution < 1.29 is 14.3 Å². The molecule has 2 aromatic heterocycles. The average molecular weight is 394 g/mol. The first-order chi connectivity index (χ1) is 14.1. The van der Waals surface area contributed by atoms with Crippen molar-refractivity contribution in [3.05, 3.63) is 47.9 Å². The number of methoxy groups -OCH3 is 2. The van der Waals surface area contributed by atoms with E-state index in [-0.39, 0.29) is 11.9 Å². The van der Waals surface area contributed by atoms with Crippen LogP contribution in [0.25, 0.3) is 11.2 Å². The molecule has 0 bridgehead atoms. The van der Waals surface area contributed by atoms with Crippen LogP contribution in [0.15, 0.2) is 36.8 Å². The summed E-state index contributed by atoms with van der Waals surface area (Å²) in [6, 6.07) is 7.70. The molecule has 1 N–H and O–H groups in total. The van der Waals surface area contributed by atoms with Gasteiger partial charge in [-0.1, -0.05) is 18.9 Å². The zero-order valence-corrected chi connectivity index (χ0v) is 17.0. The number of nitrogens with one attached hydrogen (secondary N) is 1. The van der Waals surface area contributed by atoms with Crippen molar-refractivity contribution in [3.8, 4) is 11.5 Å². The van der Waals surface area contributed by atoms with E-state index in [0.717, 1.165) is 29.6 Å². The number of hydrogen-bond acceptors (Lipinski definition) is 5. The highest BCUT2D eigenvalue weighted by Crippen LogP contribution is 2.32. The van der Waals surface area contributed by atoms with Crippen LogP contribution >= 0.6 is 0 Å². The van der Waals surface area contributed by atoms with E-state index in [1.807, 2.05) is 37.5 Å². The molecule has 1 saturated carbocycles. The Labute approximate surface area is 170 Å². The smallest absolute Gasteiger partial charge is 0.253 e. The molecule has 0 radical (unpaired) electrons. The Morgan fingerprint density at radius 1 is 1.14 bits per heavy atom. The van der Waals surface area contributed by atoms with E-state index in [4.69, 9.17) is 9.47 Å². The first kappa shape index (κ1) is 19.2. The summed E-state index contributed by atoms with van der Waals surface area (Å²) in [5.41, 5.74) is 3.03. The summed E-state index contributed by atoms with van der Waals surface area (Å²) in [7, 11) is 3.19. The molecule has 7 nitrogen and oxygen atoms in total. The second-order valence-electron chi connectivity index (χ2n) is 7.47. The molecule has 3 aromatic rings. The normalized spacial score (nSPS) is 15.4. The van der Waals surface area contributed by atoms with Crippen LogP contribution < -0.4 is 14.8 Å². The number of amides is 1. The maximum atomic E-state index is 12.8. The maximum Gasteiger partial charge on any atom is 0.253 e. The number of carbonyl (C=O) groups is 1. The summed E-state index contributed by atoms with van der Waals surface area (Å²) in [6.45, 7) is 1.93. The fraction of sp³-hybridized carbons (Fsp3) is 0.409. The van der Waals surface area contributed by atoms with Crippen LogP contribution in [0.1, 0.15) is 60.6 Å². The van der Waals surface area contributed by atoms with Crippen LogP contribution in [0.2, 0.25) is 0 Å². The Balaban J connectivity index is 1.51. The zero-order chi connectivity index (χ0) is 20.4. The molecule has 7 heteroatoms. The summed E-state index contributed by atoms with van der Waals surface area (Å²) in [5.74, 6) is 1.10. The van der Waals surface area contributed by atoms with Gasteiger partial charge < -0.3 is 19.4 Å². The number of nitrogens with zero attached hydrogens (tertiary/aromatic N) is 3. The minimum absolute atomic E-state index is 0.183. The van der Waals surface area contributed by atoms with E-state index < -0.39 is 0 Å². The molecular formula is C22H26N4O3. The molecule has 2 heterocycles. The van der Waals surface area contributed by atoms with Gasteiger partial charge in [0.15, 0.2) is 17.1 Å². The summed E-state index contributed by atoms with van der Waals surface area (Å²) < 4.78 is 12.8. The standard InChI is InChI=1S/C22H26N4O3/c1-14(15-8-9-19(28-2)20(11-15)29-3)25-22(27)16-10-18-21(23-12-16)26(13-24-18)17-6-4-5-7-17/h8-14,17H,4-7H2,1-3H3,(H,25,27). The van der Waals surface area contributed by atoms with E-state index in [2.05, 4.69) is 19.9 Å². The third-order valence-corrected chi connectivity index (χ3v) is 5.65. The molecule has 0 spiro atoms. The number of aromatic nitrogens is 3. The molecule has 1 aromatic carbocycles. The van der Waals surface area contributed by atoms with Crippen molar-refractivity contribution in [2.24, 2.45) is 0 Å². The van der Waals surface area contributed by atoms with Crippen molar-refractivity contribution in [3.63, 3.8) is 0 Å². The number of ether oxygens (including phenoxy) is 2. The Bertz CT molecular complexity index is 1020. The van der Waals surface area contributed by atoms with Gasteiger partial charge in [-0.3, -0.25) is 4.79 Å².